The lowest BCUT2D eigenvalue weighted by atomic mass is 10.1. The summed E-state index contributed by atoms with van der Waals surface area (Å²) in [6.07, 6.45) is 3.78. The molecule has 0 fully saturated rings. The summed E-state index contributed by atoms with van der Waals surface area (Å²) in [5, 5.41) is 5.66. The maximum Gasteiger partial charge on any atom is 0.0333 e. The Morgan fingerprint density at radius 1 is 1.26 bits per heavy atom. The Labute approximate surface area is 123 Å². The quantitative estimate of drug-likeness (QED) is 0.649. The molecule has 0 bridgehead atoms. The van der Waals surface area contributed by atoms with E-state index in [9.17, 15) is 0 Å². The second-order valence-electron chi connectivity index (χ2n) is 5.59. The highest BCUT2D eigenvalue weighted by Gasteiger charge is 2.17. The average molecular weight is 282 g/mol. The fourth-order valence-electron chi connectivity index (χ4n) is 2.42. The van der Waals surface area contributed by atoms with Crippen molar-refractivity contribution in [2.75, 3.05) is 13.1 Å². The summed E-state index contributed by atoms with van der Waals surface area (Å²) >= 11 is 1.87. The minimum absolute atomic E-state index is 0.612. The first-order valence-corrected chi connectivity index (χ1v) is 8.52. The molecular weight excluding hydrogens is 252 g/mol. The van der Waals surface area contributed by atoms with E-state index in [-0.39, 0.29) is 0 Å². The fourth-order valence-corrected chi connectivity index (χ4v) is 3.13. The molecule has 0 amide bonds. The van der Waals surface area contributed by atoms with Gasteiger partial charge in [-0.25, -0.2) is 0 Å². The summed E-state index contributed by atoms with van der Waals surface area (Å²) in [7, 11) is 0. The third-order valence-corrected chi connectivity index (χ3v) is 4.41. The molecule has 1 aromatic rings. The first-order chi connectivity index (χ1) is 9.15. The second-order valence-corrected chi connectivity index (χ2v) is 6.62. The van der Waals surface area contributed by atoms with E-state index in [0.29, 0.717) is 12.1 Å². The highest BCUT2D eigenvalue weighted by atomic mass is 32.1. The molecule has 0 aliphatic carbocycles. The van der Waals surface area contributed by atoms with Crippen molar-refractivity contribution >= 4 is 11.3 Å². The van der Waals surface area contributed by atoms with Crippen LogP contribution in [0.15, 0.2) is 17.5 Å². The van der Waals surface area contributed by atoms with Crippen LogP contribution in [0.2, 0.25) is 0 Å². The van der Waals surface area contributed by atoms with Crippen LogP contribution in [0.25, 0.3) is 0 Å². The lowest BCUT2D eigenvalue weighted by Gasteiger charge is -2.32. The van der Waals surface area contributed by atoms with Gasteiger partial charge < -0.3 is 5.32 Å². The van der Waals surface area contributed by atoms with Gasteiger partial charge in [0.05, 0.1) is 0 Å². The average Bonchev–Trinajstić information content (AvgIpc) is 2.88. The van der Waals surface area contributed by atoms with E-state index in [4.69, 9.17) is 0 Å². The van der Waals surface area contributed by atoms with Crippen molar-refractivity contribution in [3.8, 4) is 0 Å². The molecule has 3 heteroatoms. The summed E-state index contributed by atoms with van der Waals surface area (Å²) in [4.78, 5) is 4.09. The first kappa shape index (κ1) is 16.7. The summed E-state index contributed by atoms with van der Waals surface area (Å²) in [5.41, 5.74) is 0. The van der Waals surface area contributed by atoms with Gasteiger partial charge in [0.25, 0.3) is 0 Å². The van der Waals surface area contributed by atoms with E-state index in [1.807, 2.05) is 11.3 Å². The molecule has 1 N–H and O–H groups in total. The van der Waals surface area contributed by atoms with Gasteiger partial charge in [-0.3, -0.25) is 4.90 Å². The number of hydrogen-bond donors (Lipinski definition) is 1. The highest BCUT2D eigenvalue weighted by molar-refractivity contribution is 7.09. The molecule has 19 heavy (non-hydrogen) atoms. The van der Waals surface area contributed by atoms with E-state index < -0.39 is 0 Å². The predicted octanol–water partition coefficient (Wildman–Crippen LogP) is 4.13. The Kier molecular flexibility index (Phi) is 8.35. The van der Waals surface area contributed by atoms with Crippen molar-refractivity contribution in [3.63, 3.8) is 0 Å². The Balaban J connectivity index is 2.34. The lowest BCUT2D eigenvalue weighted by molar-refractivity contribution is 0.147. The molecule has 110 valence electrons. The zero-order valence-electron chi connectivity index (χ0n) is 13.0. The van der Waals surface area contributed by atoms with Crippen molar-refractivity contribution in [1.82, 2.24) is 10.2 Å². The van der Waals surface area contributed by atoms with Gasteiger partial charge in [0.2, 0.25) is 0 Å². The van der Waals surface area contributed by atoms with Crippen LogP contribution in [0, 0.1) is 0 Å². The third-order valence-electron chi connectivity index (χ3n) is 3.55. The van der Waals surface area contributed by atoms with Gasteiger partial charge in [0.15, 0.2) is 0 Å². The van der Waals surface area contributed by atoms with E-state index >= 15 is 0 Å². The van der Waals surface area contributed by atoms with Gasteiger partial charge in [-0.1, -0.05) is 13.0 Å². The molecule has 0 saturated carbocycles. The molecule has 0 aliphatic rings. The van der Waals surface area contributed by atoms with Crippen LogP contribution in [0.5, 0.6) is 0 Å². The van der Waals surface area contributed by atoms with E-state index in [2.05, 4.69) is 55.4 Å². The molecule has 1 aromatic heterocycles. The number of nitrogens with zero attached hydrogens (tertiary/aromatic N) is 1. The molecule has 0 aliphatic heterocycles. The summed E-state index contributed by atoms with van der Waals surface area (Å²) < 4.78 is 0. The molecule has 0 aromatic carbocycles. The number of hydrogen-bond acceptors (Lipinski definition) is 3. The minimum Gasteiger partial charge on any atom is -0.317 e. The zero-order chi connectivity index (χ0) is 14.1. The molecule has 1 atom stereocenters. The van der Waals surface area contributed by atoms with Crippen LogP contribution in [-0.2, 0) is 6.54 Å². The molecule has 0 radical (unpaired) electrons. The monoisotopic (exact) mass is 282 g/mol. The summed E-state index contributed by atoms with van der Waals surface area (Å²) in [6, 6.07) is 5.67. The van der Waals surface area contributed by atoms with Crippen LogP contribution in [-0.4, -0.2) is 30.1 Å². The Morgan fingerprint density at radius 2 is 2.05 bits per heavy atom. The minimum atomic E-state index is 0.612. The maximum atomic E-state index is 3.49. The van der Waals surface area contributed by atoms with Gasteiger partial charge in [-0.2, -0.15) is 0 Å². The molecule has 2 nitrogen and oxygen atoms in total. The van der Waals surface area contributed by atoms with E-state index in [1.54, 1.807) is 0 Å². The van der Waals surface area contributed by atoms with E-state index in [1.165, 1.54) is 24.1 Å². The predicted molar refractivity (Wildman–Crippen MR) is 86.9 cm³/mol. The van der Waals surface area contributed by atoms with Crippen LogP contribution < -0.4 is 5.32 Å². The molecule has 0 saturated heterocycles. The Morgan fingerprint density at radius 3 is 2.63 bits per heavy atom. The second kappa shape index (κ2) is 9.51. The van der Waals surface area contributed by atoms with E-state index in [0.717, 1.165) is 19.6 Å². The smallest absolute Gasteiger partial charge is 0.0333 e. The van der Waals surface area contributed by atoms with Crippen LogP contribution in [0.3, 0.4) is 0 Å². The number of rotatable bonds is 10. The van der Waals surface area contributed by atoms with Gasteiger partial charge in [0.1, 0.15) is 0 Å². The van der Waals surface area contributed by atoms with Crippen LogP contribution in [0.1, 0.15) is 51.8 Å². The summed E-state index contributed by atoms with van der Waals surface area (Å²) in [6.45, 7) is 12.6. The molecule has 1 rings (SSSR count). The molecular formula is C16H30N2S. The number of nitrogens with one attached hydrogen (secondary N) is 1. The molecule has 1 unspecified atom stereocenters. The molecule has 0 spiro atoms. The fraction of sp³-hybridized carbons (Fsp3) is 0.750. The third kappa shape index (κ3) is 6.55. The summed E-state index contributed by atoms with van der Waals surface area (Å²) in [5.74, 6) is 0. The van der Waals surface area contributed by atoms with Crippen molar-refractivity contribution in [2.24, 2.45) is 0 Å². The van der Waals surface area contributed by atoms with Crippen LogP contribution in [0.4, 0.5) is 0 Å². The van der Waals surface area contributed by atoms with Crippen molar-refractivity contribution in [3.05, 3.63) is 22.4 Å². The lowest BCUT2D eigenvalue weighted by Crippen LogP contribution is -2.38. The van der Waals surface area contributed by atoms with Crippen molar-refractivity contribution < 1.29 is 0 Å². The normalized spacial score (nSPS) is 13.4. The largest absolute Gasteiger partial charge is 0.317 e. The van der Waals surface area contributed by atoms with Gasteiger partial charge in [0, 0.05) is 23.5 Å². The standard InChI is InChI=1S/C16H30N2S/c1-5-10-17-11-6-8-15(4)18(14(2)3)13-16-9-7-12-19-16/h7,9,12,14-15,17H,5-6,8,10-11,13H2,1-4H3. The SMILES string of the molecule is CCCNCCCC(C)N(Cc1cccs1)C(C)C. The number of thiophene rings is 1. The van der Waals surface area contributed by atoms with Gasteiger partial charge in [-0.05, 0) is 64.6 Å². The topological polar surface area (TPSA) is 15.3 Å². The van der Waals surface area contributed by atoms with Gasteiger partial charge >= 0.3 is 0 Å². The maximum absolute atomic E-state index is 3.49. The highest BCUT2D eigenvalue weighted by Crippen LogP contribution is 2.18. The Hall–Kier alpha value is -0.380. The van der Waals surface area contributed by atoms with Gasteiger partial charge in [-0.15, -0.1) is 11.3 Å². The zero-order valence-corrected chi connectivity index (χ0v) is 13.8. The van der Waals surface area contributed by atoms with Crippen LogP contribution >= 0.6 is 11.3 Å². The molecule has 1 heterocycles. The van der Waals surface area contributed by atoms with Crippen molar-refractivity contribution in [2.45, 2.75) is 65.6 Å². The Bertz CT molecular complexity index is 309. The van der Waals surface area contributed by atoms with Crippen molar-refractivity contribution in [1.29, 1.82) is 0 Å². The first-order valence-electron chi connectivity index (χ1n) is 7.64.